The fraction of sp³-hybridized carbons (Fsp3) is 0.583. The number of rotatable bonds is 10. The second-order valence-electron chi connectivity index (χ2n) is 8.43. The molecule has 0 bridgehead atoms. The topological polar surface area (TPSA) is 53.4 Å². The largest absolute Gasteiger partial charge is 0.356 e. The fourth-order valence-electron chi connectivity index (χ4n) is 4.21. The summed E-state index contributed by atoms with van der Waals surface area (Å²) in [6.07, 6.45) is 3.49. The molecule has 2 heterocycles. The van der Waals surface area contributed by atoms with Crippen molar-refractivity contribution in [3.8, 4) is 0 Å². The Morgan fingerprint density at radius 1 is 1.03 bits per heavy atom. The lowest BCUT2D eigenvalue weighted by molar-refractivity contribution is -0.121. The van der Waals surface area contributed by atoms with Gasteiger partial charge in [-0.2, -0.15) is 5.10 Å². The molecular formula is C24H37N5O. The van der Waals surface area contributed by atoms with Crippen LogP contribution in [-0.4, -0.2) is 64.8 Å². The first-order chi connectivity index (χ1) is 14.5. The third kappa shape index (κ3) is 6.67. The Labute approximate surface area is 181 Å². The average Bonchev–Trinajstić information content (AvgIpc) is 2.99. The second kappa shape index (κ2) is 11.3. The molecule has 6 heteroatoms. The van der Waals surface area contributed by atoms with Crippen LogP contribution in [0.1, 0.15) is 41.8 Å². The Balaban J connectivity index is 1.23. The number of hydrogen-bond acceptors (Lipinski definition) is 4. The van der Waals surface area contributed by atoms with Gasteiger partial charge < -0.3 is 10.2 Å². The molecule has 1 aromatic carbocycles. The van der Waals surface area contributed by atoms with E-state index >= 15 is 0 Å². The Bertz CT molecular complexity index is 793. The number of benzene rings is 1. The van der Waals surface area contributed by atoms with Crippen molar-refractivity contribution in [2.45, 2.75) is 46.1 Å². The minimum Gasteiger partial charge on any atom is -0.356 e. The van der Waals surface area contributed by atoms with Gasteiger partial charge in [0.2, 0.25) is 5.91 Å². The molecule has 1 aromatic heterocycles. The van der Waals surface area contributed by atoms with Crippen molar-refractivity contribution in [2.24, 2.45) is 7.05 Å². The summed E-state index contributed by atoms with van der Waals surface area (Å²) in [6.45, 7) is 11.6. The number of piperazine rings is 1. The van der Waals surface area contributed by atoms with E-state index in [0.29, 0.717) is 6.42 Å². The van der Waals surface area contributed by atoms with E-state index in [9.17, 15) is 4.79 Å². The van der Waals surface area contributed by atoms with Crippen LogP contribution in [0.5, 0.6) is 0 Å². The molecule has 1 aliphatic rings. The summed E-state index contributed by atoms with van der Waals surface area (Å²) in [5, 5.41) is 7.50. The molecule has 0 atom stereocenters. The van der Waals surface area contributed by atoms with Crippen molar-refractivity contribution < 1.29 is 4.79 Å². The van der Waals surface area contributed by atoms with Crippen molar-refractivity contribution in [3.63, 3.8) is 0 Å². The third-order valence-corrected chi connectivity index (χ3v) is 6.20. The first-order valence-electron chi connectivity index (χ1n) is 11.3. The molecule has 0 unspecified atom stereocenters. The molecule has 30 heavy (non-hydrogen) atoms. The maximum atomic E-state index is 12.1. The molecule has 0 saturated carbocycles. The number of aromatic nitrogens is 2. The van der Waals surface area contributed by atoms with Gasteiger partial charge >= 0.3 is 0 Å². The fourth-order valence-corrected chi connectivity index (χ4v) is 4.21. The van der Waals surface area contributed by atoms with Crippen LogP contribution in [-0.2, 0) is 24.8 Å². The van der Waals surface area contributed by atoms with E-state index < -0.39 is 0 Å². The molecule has 3 rings (SSSR count). The van der Waals surface area contributed by atoms with Gasteiger partial charge in [0.1, 0.15) is 0 Å². The van der Waals surface area contributed by atoms with Crippen molar-refractivity contribution in [1.82, 2.24) is 24.9 Å². The second-order valence-corrected chi connectivity index (χ2v) is 8.43. The van der Waals surface area contributed by atoms with E-state index in [1.54, 1.807) is 0 Å². The van der Waals surface area contributed by atoms with Crippen LogP contribution >= 0.6 is 0 Å². The van der Waals surface area contributed by atoms with E-state index in [0.717, 1.165) is 76.5 Å². The van der Waals surface area contributed by atoms with Gasteiger partial charge in [-0.3, -0.25) is 14.4 Å². The Morgan fingerprint density at radius 3 is 2.40 bits per heavy atom. The van der Waals surface area contributed by atoms with Crippen LogP contribution in [0.4, 0.5) is 0 Å². The highest BCUT2D eigenvalue weighted by atomic mass is 16.1. The maximum absolute atomic E-state index is 12.1. The summed E-state index contributed by atoms with van der Waals surface area (Å²) in [7, 11) is 1.95. The van der Waals surface area contributed by atoms with Crippen LogP contribution in [0.15, 0.2) is 30.3 Å². The lowest BCUT2D eigenvalue weighted by atomic mass is 10.1. The van der Waals surface area contributed by atoms with E-state index in [4.69, 9.17) is 0 Å². The van der Waals surface area contributed by atoms with Crippen LogP contribution in [0.25, 0.3) is 0 Å². The van der Waals surface area contributed by atoms with Crippen molar-refractivity contribution in [3.05, 3.63) is 52.8 Å². The molecule has 1 saturated heterocycles. The van der Waals surface area contributed by atoms with Gasteiger partial charge in [-0.05, 0) is 50.8 Å². The molecule has 6 nitrogen and oxygen atoms in total. The van der Waals surface area contributed by atoms with Crippen molar-refractivity contribution in [2.75, 3.05) is 39.3 Å². The van der Waals surface area contributed by atoms with Crippen molar-refractivity contribution in [1.29, 1.82) is 0 Å². The number of amides is 1. The van der Waals surface area contributed by atoms with Crippen LogP contribution < -0.4 is 5.32 Å². The summed E-state index contributed by atoms with van der Waals surface area (Å²) in [5.41, 5.74) is 4.80. The normalized spacial score (nSPS) is 15.4. The van der Waals surface area contributed by atoms with E-state index in [1.165, 1.54) is 11.1 Å². The summed E-state index contributed by atoms with van der Waals surface area (Å²) in [6, 6.07) is 10.7. The summed E-state index contributed by atoms with van der Waals surface area (Å²) >= 11 is 0. The summed E-state index contributed by atoms with van der Waals surface area (Å²) < 4.78 is 1.89. The average molecular weight is 412 g/mol. The number of unbranched alkanes of at least 4 members (excludes halogenated alkanes) is 1. The minimum atomic E-state index is 0.146. The zero-order valence-corrected chi connectivity index (χ0v) is 18.9. The number of carbonyl (C=O) groups excluding carboxylic acids is 1. The Hall–Kier alpha value is -2.18. The monoisotopic (exact) mass is 411 g/mol. The molecule has 0 radical (unpaired) electrons. The highest BCUT2D eigenvalue weighted by molar-refractivity contribution is 5.76. The first kappa shape index (κ1) is 22.5. The Morgan fingerprint density at radius 2 is 1.73 bits per heavy atom. The molecule has 164 valence electrons. The number of aryl methyl sites for hydroxylation is 2. The van der Waals surface area contributed by atoms with E-state index in [-0.39, 0.29) is 5.91 Å². The molecule has 1 fully saturated rings. The van der Waals surface area contributed by atoms with E-state index in [1.807, 2.05) is 18.7 Å². The quantitative estimate of drug-likeness (QED) is 0.611. The van der Waals surface area contributed by atoms with Gasteiger partial charge in [0, 0.05) is 58.4 Å². The van der Waals surface area contributed by atoms with Crippen LogP contribution in [0.3, 0.4) is 0 Å². The van der Waals surface area contributed by atoms with Gasteiger partial charge in [0.05, 0.1) is 5.69 Å². The number of hydrogen-bond donors (Lipinski definition) is 1. The van der Waals surface area contributed by atoms with Gasteiger partial charge in [-0.15, -0.1) is 0 Å². The van der Waals surface area contributed by atoms with Crippen LogP contribution in [0.2, 0.25) is 0 Å². The molecule has 1 aliphatic heterocycles. The highest BCUT2D eigenvalue weighted by Crippen LogP contribution is 2.14. The predicted octanol–water partition coefficient (Wildman–Crippen LogP) is 2.68. The lowest BCUT2D eigenvalue weighted by Gasteiger charge is -2.34. The summed E-state index contributed by atoms with van der Waals surface area (Å²) in [5.74, 6) is 0.146. The molecule has 1 N–H and O–H groups in total. The molecule has 2 aromatic rings. The molecule has 0 aliphatic carbocycles. The standard InChI is InChI=1S/C24H37N5O/c1-20-23(21(2)27(3)26-20)11-12-24(30)25-13-7-8-14-28-15-17-29(18-16-28)19-22-9-5-4-6-10-22/h4-6,9-10H,7-8,11-19H2,1-3H3,(H,25,30). The zero-order chi connectivity index (χ0) is 21.3. The highest BCUT2D eigenvalue weighted by Gasteiger charge is 2.16. The number of nitrogens with one attached hydrogen (secondary N) is 1. The SMILES string of the molecule is Cc1nn(C)c(C)c1CCC(=O)NCCCCN1CCN(Cc2ccccc2)CC1. The first-order valence-corrected chi connectivity index (χ1v) is 11.3. The third-order valence-electron chi connectivity index (χ3n) is 6.20. The van der Waals surface area contributed by atoms with Gasteiger partial charge in [0.15, 0.2) is 0 Å². The number of nitrogens with zero attached hydrogens (tertiary/aromatic N) is 4. The molecule has 1 amide bonds. The van der Waals surface area contributed by atoms with Gasteiger partial charge in [0.25, 0.3) is 0 Å². The van der Waals surface area contributed by atoms with Gasteiger partial charge in [-0.25, -0.2) is 0 Å². The summed E-state index contributed by atoms with van der Waals surface area (Å²) in [4.78, 5) is 17.2. The number of carbonyl (C=O) groups is 1. The Kier molecular flexibility index (Phi) is 8.46. The van der Waals surface area contributed by atoms with Crippen molar-refractivity contribution >= 4 is 5.91 Å². The molecule has 0 spiro atoms. The maximum Gasteiger partial charge on any atom is 0.220 e. The minimum absolute atomic E-state index is 0.146. The van der Waals surface area contributed by atoms with E-state index in [2.05, 4.69) is 57.5 Å². The van der Waals surface area contributed by atoms with Gasteiger partial charge in [-0.1, -0.05) is 30.3 Å². The lowest BCUT2D eigenvalue weighted by Crippen LogP contribution is -2.46. The smallest absolute Gasteiger partial charge is 0.220 e. The zero-order valence-electron chi connectivity index (χ0n) is 18.9. The van der Waals surface area contributed by atoms with Crippen LogP contribution in [0, 0.1) is 13.8 Å². The molecular weight excluding hydrogens is 374 g/mol. The predicted molar refractivity (Wildman–Crippen MR) is 121 cm³/mol.